The number of nitrogens with two attached hydrogens (primary N) is 2. The van der Waals surface area contributed by atoms with Crippen molar-refractivity contribution in [1.29, 1.82) is 0 Å². The monoisotopic (exact) mass is 447 g/mol. The summed E-state index contributed by atoms with van der Waals surface area (Å²) < 4.78 is 5.35. The van der Waals surface area contributed by atoms with E-state index < -0.39 is 5.54 Å². The molecule has 3 heterocycles. The molecule has 172 valence electrons. The minimum absolute atomic E-state index is 0.184. The molecule has 1 saturated heterocycles. The zero-order valence-corrected chi connectivity index (χ0v) is 19.2. The number of hydrogen-bond donors (Lipinski definition) is 2. The summed E-state index contributed by atoms with van der Waals surface area (Å²) in [7, 11) is 2.15. The Morgan fingerprint density at radius 2 is 1.61 bits per heavy atom. The van der Waals surface area contributed by atoms with E-state index in [1.54, 1.807) is 13.8 Å². The summed E-state index contributed by atoms with van der Waals surface area (Å²) in [5, 5.41) is 0. The molecule has 0 amide bonds. The number of hydrogen-bond acceptors (Lipinski definition) is 9. The summed E-state index contributed by atoms with van der Waals surface area (Å²) >= 11 is 0. The normalized spacial score (nSPS) is 14.8. The molecule has 2 aromatic carbocycles. The maximum absolute atomic E-state index is 9.70. The second kappa shape index (κ2) is 9.13. The summed E-state index contributed by atoms with van der Waals surface area (Å²) in [4.78, 5) is 28.0. The van der Waals surface area contributed by atoms with Gasteiger partial charge in [-0.1, -0.05) is 12.1 Å². The van der Waals surface area contributed by atoms with Gasteiger partial charge in [0.1, 0.15) is 17.6 Å². The number of benzene rings is 2. The van der Waals surface area contributed by atoms with E-state index in [0.717, 1.165) is 59.7 Å². The van der Waals surface area contributed by atoms with Crippen LogP contribution in [0.15, 0.2) is 47.0 Å². The van der Waals surface area contributed by atoms with E-state index in [1.807, 2.05) is 30.5 Å². The molecular formula is C24H29N7O2. The highest BCUT2D eigenvalue weighted by molar-refractivity contribution is 5.86. The molecule has 0 atom stereocenters. The predicted octanol–water partition coefficient (Wildman–Crippen LogP) is 2.69. The van der Waals surface area contributed by atoms with Gasteiger partial charge in [0.15, 0.2) is 5.58 Å². The summed E-state index contributed by atoms with van der Waals surface area (Å²) in [6.07, 6.45) is 2.59. The molecule has 0 bridgehead atoms. The first-order valence-corrected chi connectivity index (χ1v) is 10.8. The van der Waals surface area contributed by atoms with Crippen molar-refractivity contribution >= 4 is 40.3 Å². The molecule has 2 aromatic heterocycles. The third kappa shape index (κ3) is 5.44. The van der Waals surface area contributed by atoms with Crippen molar-refractivity contribution < 1.29 is 9.21 Å². The molecular weight excluding hydrogens is 418 g/mol. The summed E-state index contributed by atoms with van der Waals surface area (Å²) in [6, 6.07) is 12.2. The van der Waals surface area contributed by atoms with Gasteiger partial charge in [-0.05, 0) is 56.3 Å². The third-order valence-electron chi connectivity index (χ3n) is 5.40. The second-order valence-corrected chi connectivity index (χ2v) is 8.90. The van der Waals surface area contributed by atoms with Crippen LogP contribution in [-0.4, -0.2) is 64.9 Å². The molecule has 33 heavy (non-hydrogen) atoms. The lowest BCUT2D eigenvalue weighted by Crippen LogP contribution is -2.44. The van der Waals surface area contributed by atoms with Gasteiger partial charge in [0.2, 0.25) is 0 Å². The van der Waals surface area contributed by atoms with E-state index in [-0.39, 0.29) is 6.01 Å². The van der Waals surface area contributed by atoms with E-state index in [9.17, 15) is 4.79 Å². The van der Waals surface area contributed by atoms with Crippen LogP contribution in [0.25, 0.3) is 33.3 Å². The highest BCUT2D eigenvalue weighted by Gasteiger charge is 2.16. The van der Waals surface area contributed by atoms with Gasteiger partial charge in [0.05, 0.1) is 22.8 Å². The van der Waals surface area contributed by atoms with Crippen LogP contribution in [0.1, 0.15) is 13.8 Å². The fraction of sp³-hybridized carbons (Fsp3) is 0.333. The largest absolute Gasteiger partial charge is 0.424 e. The van der Waals surface area contributed by atoms with Crippen molar-refractivity contribution in [2.75, 3.05) is 43.9 Å². The molecule has 0 spiro atoms. The SMILES string of the molecule is CC(C)(N)C=O.CN1CCN(c2cnc3ccc(-c4ccc5oc(N)nc5c4)cc3n2)CC1. The Labute approximate surface area is 192 Å². The fourth-order valence-electron chi connectivity index (χ4n) is 3.49. The number of rotatable bonds is 3. The molecule has 1 fully saturated rings. The van der Waals surface area contributed by atoms with Crippen molar-refractivity contribution in [3.63, 3.8) is 0 Å². The number of carbonyl (C=O) groups excluding carboxylic acids is 1. The summed E-state index contributed by atoms with van der Waals surface area (Å²) in [5.74, 6) is 0.937. The van der Waals surface area contributed by atoms with Crippen LogP contribution in [0.3, 0.4) is 0 Å². The van der Waals surface area contributed by atoms with E-state index in [1.165, 1.54) is 0 Å². The van der Waals surface area contributed by atoms with E-state index in [4.69, 9.17) is 20.9 Å². The molecule has 4 aromatic rings. The van der Waals surface area contributed by atoms with Crippen molar-refractivity contribution in [2.45, 2.75) is 19.4 Å². The van der Waals surface area contributed by atoms with Crippen molar-refractivity contribution in [3.8, 4) is 11.1 Å². The van der Waals surface area contributed by atoms with Crippen molar-refractivity contribution in [2.24, 2.45) is 5.73 Å². The van der Waals surface area contributed by atoms with Gasteiger partial charge in [-0.25, -0.2) is 4.98 Å². The molecule has 0 saturated carbocycles. The summed E-state index contributed by atoms with van der Waals surface area (Å²) in [5.41, 5.74) is 15.5. The second-order valence-electron chi connectivity index (χ2n) is 8.90. The van der Waals surface area contributed by atoms with Crippen LogP contribution in [0.2, 0.25) is 0 Å². The Hall–Kier alpha value is -3.56. The van der Waals surface area contributed by atoms with Crippen LogP contribution >= 0.6 is 0 Å². The number of anilines is 2. The number of nitrogens with zero attached hydrogens (tertiary/aromatic N) is 5. The zero-order chi connectivity index (χ0) is 23.6. The third-order valence-corrected chi connectivity index (χ3v) is 5.40. The number of likely N-dealkylation sites (N-methyl/N-ethyl adjacent to an activating group) is 1. The molecule has 9 nitrogen and oxygen atoms in total. The number of fused-ring (bicyclic) bond motifs is 2. The highest BCUT2D eigenvalue weighted by Crippen LogP contribution is 2.28. The van der Waals surface area contributed by atoms with Gasteiger partial charge in [0.25, 0.3) is 6.01 Å². The van der Waals surface area contributed by atoms with Crippen LogP contribution in [0.5, 0.6) is 0 Å². The van der Waals surface area contributed by atoms with Crippen molar-refractivity contribution in [1.82, 2.24) is 19.9 Å². The standard InChI is InChI=1S/C20H20N6O.C4H9NO/c1-25-6-8-26(9-7-25)19-12-22-15-4-2-13(10-16(15)23-19)14-3-5-18-17(11-14)24-20(21)27-18;1-4(2,5)3-6/h2-5,10-12H,6-9H2,1H3,(H2,21,24);3H,5H2,1-2H3. The van der Waals surface area contributed by atoms with Gasteiger partial charge >= 0.3 is 0 Å². The van der Waals surface area contributed by atoms with Gasteiger partial charge < -0.3 is 30.5 Å². The Morgan fingerprint density at radius 1 is 0.970 bits per heavy atom. The number of oxazole rings is 1. The van der Waals surface area contributed by atoms with E-state index in [2.05, 4.69) is 38.9 Å². The Balaban J connectivity index is 0.000000385. The van der Waals surface area contributed by atoms with Gasteiger partial charge in [0, 0.05) is 26.2 Å². The topological polar surface area (TPSA) is 127 Å². The maximum Gasteiger partial charge on any atom is 0.292 e. The molecule has 0 aliphatic carbocycles. The van der Waals surface area contributed by atoms with Gasteiger partial charge in [-0.3, -0.25) is 4.98 Å². The molecule has 5 rings (SSSR count). The first kappa shape index (κ1) is 22.6. The average Bonchev–Trinajstić information content (AvgIpc) is 3.18. The number of nitrogen functional groups attached to an aromatic ring is 1. The number of aldehydes is 1. The quantitative estimate of drug-likeness (QED) is 0.456. The highest BCUT2D eigenvalue weighted by atomic mass is 16.4. The fourth-order valence-corrected chi connectivity index (χ4v) is 3.49. The molecule has 0 radical (unpaired) electrons. The van der Waals surface area contributed by atoms with Crippen LogP contribution in [0.4, 0.5) is 11.8 Å². The molecule has 1 aliphatic rings. The first-order valence-electron chi connectivity index (χ1n) is 10.8. The lowest BCUT2D eigenvalue weighted by molar-refractivity contribution is -0.111. The molecule has 1 aliphatic heterocycles. The number of aromatic nitrogens is 3. The number of piperazine rings is 1. The van der Waals surface area contributed by atoms with E-state index in [0.29, 0.717) is 11.9 Å². The average molecular weight is 448 g/mol. The molecule has 4 N–H and O–H groups in total. The Bertz CT molecular complexity index is 1270. The van der Waals surface area contributed by atoms with E-state index >= 15 is 0 Å². The van der Waals surface area contributed by atoms with Crippen LogP contribution in [0, 0.1) is 0 Å². The predicted molar refractivity (Wildman–Crippen MR) is 131 cm³/mol. The zero-order valence-electron chi connectivity index (χ0n) is 19.2. The Kier molecular flexibility index (Phi) is 6.26. The van der Waals surface area contributed by atoms with Crippen molar-refractivity contribution in [3.05, 3.63) is 42.6 Å². The van der Waals surface area contributed by atoms with Crippen LogP contribution < -0.4 is 16.4 Å². The number of carbonyl (C=O) groups is 1. The minimum Gasteiger partial charge on any atom is -0.424 e. The van der Waals surface area contributed by atoms with Gasteiger partial charge in [-0.2, -0.15) is 4.98 Å². The van der Waals surface area contributed by atoms with Gasteiger partial charge in [-0.15, -0.1) is 0 Å². The first-order chi connectivity index (χ1) is 15.7. The smallest absolute Gasteiger partial charge is 0.292 e. The maximum atomic E-state index is 9.70. The lowest BCUT2D eigenvalue weighted by atomic mass is 10.0. The minimum atomic E-state index is -0.639. The molecule has 0 unspecified atom stereocenters. The lowest BCUT2D eigenvalue weighted by Gasteiger charge is -2.33. The summed E-state index contributed by atoms with van der Waals surface area (Å²) in [6.45, 7) is 7.34. The van der Waals surface area contributed by atoms with Crippen LogP contribution in [-0.2, 0) is 4.79 Å². The molecule has 9 heteroatoms. The Morgan fingerprint density at radius 3 is 2.27 bits per heavy atom.